The number of carbonyl (C=O) groups is 1. The van der Waals surface area contributed by atoms with E-state index in [1.807, 2.05) is 0 Å². The Labute approximate surface area is 102 Å². The van der Waals surface area contributed by atoms with Crippen molar-refractivity contribution >= 4 is 28.6 Å². The van der Waals surface area contributed by atoms with Crippen LogP contribution in [0.3, 0.4) is 0 Å². The Bertz CT molecular complexity index is 433. The Morgan fingerprint density at radius 2 is 2.12 bits per heavy atom. The third-order valence-electron chi connectivity index (χ3n) is 1.64. The summed E-state index contributed by atoms with van der Waals surface area (Å²) in [5.74, 6) is -2.11. The van der Waals surface area contributed by atoms with Gasteiger partial charge in [0.05, 0.1) is 5.56 Å². The number of alkyl halides is 3. The van der Waals surface area contributed by atoms with Gasteiger partial charge in [0, 0.05) is 6.07 Å². The smallest absolute Gasteiger partial charge is 0.478 e. The fourth-order valence-corrected chi connectivity index (χ4v) is 1.48. The number of nitrogens with zero attached hydrogens (tertiary/aromatic N) is 1. The van der Waals surface area contributed by atoms with E-state index in [1.54, 1.807) is 22.6 Å². The van der Waals surface area contributed by atoms with E-state index in [1.165, 1.54) is 6.92 Å². The van der Waals surface area contributed by atoms with Gasteiger partial charge < -0.3 is 9.84 Å². The van der Waals surface area contributed by atoms with E-state index in [4.69, 9.17) is 5.11 Å². The van der Waals surface area contributed by atoms with Gasteiger partial charge in [0.2, 0.25) is 5.88 Å². The third kappa shape index (κ3) is 3.22. The third-order valence-corrected chi connectivity index (χ3v) is 2.69. The zero-order chi connectivity index (χ0) is 12.5. The number of aromatic carboxylic acids is 1. The molecule has 1 heterocycles. The molecule has 0 spiro atoms. The summed E-state index contributed by atoms with van der Waals surface area (Å²) in [4.78, 5) is 14.2. The highest BCUT2D eigenvalue weighted by molar-refractivity contribution is 14.1. The topological polar surface area (TPSA) is 59.4 Å². The zero-order valence-corrected chi connectivity index (χ0v) is 9.96. The molecule has 0 radical (unpaired) electrons. The van der Waals surface area contributed by atoms with E-state index >= 15 is 0 Å². The van der Waals surface area contributed by atoms with E-state index in [9.17, 15) is 18.0 Å². The minimum Gasteiger partial charge on any atom is -0.478 e. The zero-order valence-electron chi connectivity index (χ0n) is 7.80. The number of aromatic nitrogens is 1. The number of halogens is 4. The highest BCUT2D eigenvalue weighted by Crippen LogP contribution is 2.25. The number of hydrogen-bond acceptors (Lipinski definition) is 3. The first-order chi connectivity index (χ1) is 7.20. The van der Waals surface area contributed by atoms with Gasteiger partial charge in [-0.1, -0.05) is 0 Å². The molecule has 8 heteroatoms. The minimum absolute atomic E-state index is 0.150. The molecule has 0 aromatic carbocycles. The summed E-state index contributed by atoms with van der Waals surface area (Å²) in [6, 6.07) is 0.743. The normalized spacial score (nSPS) is 11.3. The lowest BCUT2D eigenvalue weighted by atomic mass is 10.1. The summed E-state index contributed by atoms with van der Waals surface area (Å²) in [5.41, 5.74) is 0.0290. The van der Waals surface area contributed by atoms with Gasteiger partial charge >= 0.3 is 12.3 Å². The van der Waals surface area contributed by atoms with E-state index in [-0.39, 0.29) is 9.26 Å². The van der Waals surface area contributed by atoms with Crippen molar-refractivity contribution in [2.75, 3.05) is 0 Å². The molecule has 4 nitrogen and oxygen atoms in total. The Morgan fingerprint density at radius 1 is 1.56 bits per heavy atom. The molecule has 0 atom stereocenters. The van der Waals surface area contributed by atoms with Crippen molar-refractivity contribution in [1.82, 2.24) is 4.98 Å². The van der Waals surface area contributed by atoms with Crippen LogP contribution in [-0.4, -0.2) is 22.4 Å². The van der Waals surface area contributed by atoms with Crippen molar-refractivity contribution in [3.05, 3.63) is 20.9 Å². The second-order valence-electron chi connectivity index (χ2n) is 2.78. The predicted octanol–water partition coefficient (Wildman–Crippen LogP) is 2.59. The fourth-order valence-electron chi connectivity index (χ4n) is 0.949. The molecule has 0 saturated heterocycles. The van der Waals surface area contributed by atoms with Crippen molar-refractivity contribution < 1.29 is 27.8 Å². The molecule has 1 rings (SSSR count). The van der Waals surface area contributed by atoms with Gasteiger partial charge in [0.25, 0.3) is 0 Å². The lowest BCUT2D eigenvalue weighted by Crippen LogP contribution is -2.19. The van der Waals surface area contributed by atoms with Gasteiger partial charge in [0.15, 0.2) is 0 Å². The number of carboxylic acid groups (broad SMARTS) is 1. The standard InChI is InChI=1S/C8H5F3INO3/c1-3-4(7(14)15)2-5(13-6(3)12)16-8(9,10)11/h2H,1H3,(H,14,15). The van der Waals surface area contributed by atoms with Crippen LogP contribution in [0.2, 0.25) is 0 Å². The van der Waals surface area contributed by atoms with Crippen LogP contribution in [0.5, 0.6) is 5.88 Å². The van der Waals surface area contributed by atoms with Crippen molar-refractivity contribution in [2.24, 2.45) is 0 Å². The van der Waals surface area contributed by atoms with Crippen molar-refractivity contribution in [2.45, 2.75) is 13.3 Å². The second-order valence-corrected chi connectivity index (χ2v) is 3.80. The van der Waals surface area contributed by atoms with Crippen LogP contribution < -0.4 is 4.74 Å². The molecule has 0 aliphatic carbocycles. The Kier molecular flexibility index (Phi) is 3.61. The van der Waals surface area contributed by atoms with Gasteiger partial charge in [-0.2, -0.15) is 0 Å². The molecule has 16 heavy (non-hydrogen) atoms. The quantitative estimate of drug-likeness (QED) is 0.660. The van der Waals surface area contributed by atoms with Crippen molar-refractivity contribution in [3.63, 3.8) is 0 Å². The minimum atomic E-state index is -4.89. The number of hydrogen-bond donors (Lipinski definition) is 1. The molecule has 1 aromatic heterocycles. The van der Waals surface area contributed by atoms with Gasteiger partial charge in [-0.3, -0.25) is 0 Å². The van der Waals surface area contributed by atoms with Gasteiger partial charge in [-0.15, -0.1) is 13.2 Å². The summed E-state index contributed by atoms with van der Waals surface area (Å²) in [5, 5.41) is 8.74. The number of ether oxygens (including phenoxy) is 1. The van der Waals surface area contributed by atoms with Crippen molar-refractivity contribution in [3.8, 4) is 5.88 Å². The van der Waals surface area contributed by atoms with Gasteiger partial charge in [-0.05, 0) is 35.1 Å². The first-order valence-corrected chi connectivity index (χ1v) is 4.95. The monoisotopic (exact) mass is 347 g/mol. The summed E-state index contributed by atoms with van der Waals surface area (Å²) in [6.45, 7) is 1.45. The maximum atomic E-state index is 11.9. The molecule has 0 unspecified atom stereocenters. The van der Waals surface area contributed by atoms with Gasteiger partial charge in [-0.25, -0.2) is 9.78 Å². The molecule has 1 N–H and O–H groups in total. The molecular weight excluding hydrogens is 342 g/mol. The van der Waals surface area contributed by atoms with Crippen LogP contribution in [0.1, 0.15) is 15.9 Å². The van der Waals surface area contributed by atoms with Crippen LogP contribution in [0.4, 0.5) is 13.2 Å². The molecule has 0 aliphatic rings. The highest BCUT2D eigenvalue weighted by Gasteiger charge is 2.32. The summed E-state index contributed by atoms with van der Waals surface area (Å²) in [6.07, 6.45) is -4.89. The highest BCUT2D eigenvalue weighted by atomic mass is 127. The molecule has 88 valence electrons. The lowest BCUT2D eigenvalue weighted by molar-refractivity contribution is -0.276. The number of rotatable bonds is 2. The lowest BCUT2D eigenvalue weighted by Gasteiger charge is -2.10. The largest absolute Gasteiger partial charge is 0.574 e. The number of carboxylic acids is 1. The van der Waals surface area contributed by atoms with E-state index in [2.05, 4.69) is 9.72 Å². The first-order valence-electron chi connectivity index (χ1n) is 3.87. The van der Waals surface area contributed by atoms with Crippen LogP contribution in [0.15, 0.2) is 6.07 Å². The summed E-state index contributed by atoms with van der Waals surface area (Å²) in [7, 11) is 0. The maximum absolute atomic E-state index is 11.9. The predicted molar refractivity (Wildman–Crippen MR) is 55.3 cm³/mol. The Hall–Kier alpha value is -1.06. The van der Waals surface area contributed by atoms with Crippen LogP contribution >= 0.6 is 22.6 Å². The molecule has 0 amide bonds. The molecular formula is C8H5F3INO3. The van der Waals surface area contributed by atoms with Crippen LogP contribution in [0, 0.1) is 10.6 Å². The first kappa shape index (κ1) is 13.0. The molecule has 0 aliphatic heterocycles. The Balaban J connectivity index is 3.19. The van der Waals surface area contributed by atoms with E-state index in [0.717, 1.165) is 6.07 Å². The SMILES string of the molecule is Cc1c(C(=O)O)cc(OC(F)(F)F)nc1I. The molecule has 0 bridgehead atoms. The summed E-state index contributed by atoms with van der Waals surface area (Å²) >= 11 is 1.64. The fraction of sp³-hybridized carbons (Fsp3) is 0.250. The summed E-state index contributed by atoms with van der Waals surface area (Å²) < 4.78 is 39.4. The van der Waals surface area contributed by atoms with Crippen molar-refractivity contribution in [1.29, 1.82) is 0 Å². The van der Waals surface area contributed by atoms with Gasteiger partial charge in [0.1, 0.15) is 3.70 Å². The average molecular weight is 347 g/mol. The Morgan fingerprint density at radius 3 is 2.56 bits per heavy atom. The van der Waals surface area contributed by atoms with Crippen LogP contribution in [0.25, 0.3) is 0 Å². The molecule has 1 aromatic rings. The number of pyridine rings is 1. The van der Waals surface area contributed by atoms with Crippen LogP contribution in [-0.2, 0) is 0 Å². The molecule has 0 fully saturated rings. The second kappa shape index (κ2) is 4.44. The average Bonchev–Trinajstić information content (AvgIpc) is 2.07. The van der Waals surface area contributed by atoms with E-state index in [0.29, 0.717) is 5.56 Å². The molecule has 0 saturated carbocycles. The van der Waals surface area contributed by atoms with E-state index < -0.39 is 18.2 Å². The maximum Gasteiger partial charge on any atom is 0.574 e.